The van der Waals surface area contributed by atoms with Crippen molar-refractivity contribution in [2.24, 2.45) is 56.7 Å². The predicted octanol–water partition coefficient (Wildman–Crippen LogP) is 8.30. The van der Waals surface area contributed by atoms with Crippen molar-refractivity contribution in [1.82, 2.24) is 0 Å². The number of carboxylic acid groups (broad SMARTS) is 1. The largest absolute Gasteiger partial charge is 0.481 e. The summed E-state index contributed by atoms with van der Waals surface area (Å²) in [5, 5.41) is 10.6. The van der Waals surface area contributed by atoms with E-state index in [0.29, 0.717) is 41.8 Å². The van der Waals surface area contributed by atoms with Crippen LogP contribution in [0.4, 0.5) is 0 Å². The van der Waals surface area contributed by atoms with Crippen molar-refractivity contribution in [3.63, 3.8) is 0 Å². The van der Waals surface area contributed by atoms with Gasteiger partial charge in [-0.3, -0.25) is 4.79 Å². The maximum atomic E-state index is 12.8. The Hall–Kier alpha value is -1.09. The zero-order valence-corrected chi connectivity index (χ0v) is 24.0. The molecular weight excluding hydrogens is 444 g/mol. The van der Waals surface area contributed by atoms with Gasteiger partial charge in [0.05, 0.1) is 18.1 Å². The molecule has 5 aliphatic rings. The van der Waals surface area contributed by atoms with Crippen LogP contribution in [-0.4, -0.2) is 23.8 Å². The first-order valence-corrected chi connectivity index (χ1v) is 14.9. The van der Waals surface area contributed by atoms with Gasteiger partial charge in [-0.1, -0.05) is 52.8 Å². The minimum atomic E-state index is -0.527. The first-order chi connectivity index (χ1) is 16.8. The molecule has 0 spiro atoms. The first-order valence-electron chi connectivity index (χ1n) is 14.9. The van der Waals surface area contributed by atoms with Crippen LogP contribution in [0.2, 0.25) is 0 Å². The minimum Gasteiger partial charge on any atom is -0.481 e. The Bertz CT molecular complexity index is 935. The van der Waals surface area contributed by atoms with E-state index in [9.17, 15) is 9.90 Å². The number of hydrogen-bond donors (Lipinski definition) is 1. The van der Waals surface area contributed by atoms with Crippen molar-refractivity contribution in [3.8, 4) is 0 Å². The van der Waals surface area contributed by atoms with Crippen LogP contribution in [0.5, 0.6) is 0 Å². The monoisotopic (exact) mass is 496 g/mol. The van der Waals surface area contributed by atoms with Crippen LogP contribution in [0.15, 0.2) is 24.8 Å². The van der Waals surface area contributed by atoms with Crippen LogP contribution in [0.3, 0.4) is 0 Å². The van der Waals surface area contributed by atoms with E-state index in [4.69, 9.17) is 4.74 Å². The van der Waals surface area contributed by atoms with Crippen LogP contribution in [0, 0.1) is 56.7 Å². The topological polar surface area (TPSA) is 46.5 Å². The van der Waals surface area contributed by atoms with Crippen LogP contribution in [-0.2, 0) is 9.53 Å². The van der Waals surface area contributed by atoms with Crippen molar-refractivity contribution in [1.29, 1.82) is 0 Å². The standard InChI is InChI=1S/C33H52O3/c1-9-20-36-26-14-15-30(6)24(29(26,4)5)13-16-32(8)25(30)11-10-23-27-22(21(2)3)12-17-33(27,28(34)35)19-18-31(23,32)7/h9,22-27H,1-2,10-20H2,3-8H3,(H,34,35)/t22-,23+,24?,25+,26-,27+,30-,31+,32+,33-/m0/s1. The summed E-state index contributed by atoms with van der Waals surface area (Å²) in [6, 6.07) is 0. The molecule has 0 saturated heterocycles. The molecule has 5 rings (SSSR count). The number of carboxylic acids is 1. The van der Waals surface area contributed by atoms with Crippen LogP contribution < -0.4 is 0 Å². The summed E-state index contributed by atoms with van der Waals surface area (Å²) >= 11 is 0. The molecule has 36 heavy (non-hydrogen) atoms. The number of hydrogen-bond acceptors (Lipinski definition) is 2. The zero-order valence-electron chi connectivity index (χ0n) is 24.0. The summed E-state index contributed by atoms with van der Waals surface area (Å²) < 4.78 is 6.34. The number of allylic oxidation sites excluding steroid dienone is 1. The smallest absolute Gasteiger partial charge is 0.309 e. The van der Waals surface area contributed by atoms with Gasteiger partial charge in [0.1, 0.15) is 0 Å². The van der Waals surface area contributed by atoms with E-state index in [1.165, 1.54) is 37.7 Å². The molecule has 0 aromatic rings. The third-order valence-electron chi connectivity index (χ3n) is 13.8. The lowest BCUT2D eigenvalue weighted by atomic mass is 9.32. The summed E-state index contributed by atoms with van der Waals surface area (Å²) in [5.41, 5.74) is 1.64. The van der Waals surface area contributed by atoms with Gasteiger partial charge >= 0.3 is 5.97 Å². The van der Waals surface area contributed by atoms with E-state index in [2.05, 4.69) is 54.7 Å². The molecule has 3 heteroatoms. The normalized spacial score (nSPS) is 51.3. The maximum absolute atomic E-state index is 12.8. The summed E-state index contributed by atoms with van der Waals surface area (Å²) in [6.45, 7) is 23.9. The second-order valence-electron chi connectivity index (χ2n) is 15.1. The lowest BCUT2D eigenvalue weighted by molar-refractivity contribution is -0.250. The lowest BCUT2D eigenvalue weighted by Crippen LogP contribution is -2.67. The Balaban J connectivity index is 1.51. The highest BCUT2D eigenvalue weighted by atomic mass is 16.5. The molecule has 0 amide bonds. The fraction of sp³-hybridized carbons (Fsp3) is 0.848. The zero-order chi connectivity index (χ0) is 26.3. The molecule has 1 N–H and O–H groups in total. The van der Waals surface area contributed by atoms with E-state index < -0.39 is 11.4 Å². The van der Waals surface area contributed by atoms with Crippen molar-refractivity contribution < 1.29 is 14.6 Å². The lowest BCUT2D eigenvalue weighted by Gasteiger charge is -2.72. The molecule has 0 aliphatic heterocycles. The molecule has 0 heterocycles. The van der Waals surface area contributed by atoms with Gasteiger partial charge in [-0.2, -0.15) is 0 Å². The van der Waals surface area contributed by atoms with Gasteiger partial charge in [-0.05, 0) is 122 Å². The summed E-state index contributed by atoms with van der Waals surface area (Å²) in [4.78, 5) is 12.8. The maximum Gasteiger partial charge on any atom is 0.309 e. The molecule has 0 radical (unpaired) electrons. The van der Waals surface area contributed by atoms with Crippen molar-refractivity contribution in [2.75, 3.05) is 6.61 Å². The van der Waals surface area contributed by atoms with E-state index in [1.807, 2.05) is 6.08 Å². The fourth-order valence-corrected chi connectivity index (χ4v) is 12.0. The Morgan fingerprint density at radius 1 is 0.917 bits per heavy atom. The molecule has 0 aromatic carbocycles. The second-order valence-corrected chi connectivity index (χ2v) is 15.1. The Morgan fingerprint density at radius 2 is 1.64 bits per heavy atom. The average molecular weight is 497 g/mol. The molecule has 1 unspecified atom stereocenters. The molecule has 10 atom stereocenters. The quantitative estimate of drug-likeness (QED) is 0.389. The van der Waals surface area contributed by atoms with E-state index in [1.54, 1.807) is 0 Å². The second kappa shape index (κ2) is 8.45. The number of fused-ring (bicyclic) bond motifs is 7. The summed E-state index contributed by atoms with van der Waals surface area (Å²) in [6.07, 6.45) is 13.4. The Labute approximate surface area is 220 Å². The molecule has 202 valence electrons. The third-order valence-corrected chi connectivity index (χ3v) is 13.8. The molecule has 0 aromatic heterocycles. The van der Waals surface area contributed by atoms with E-state index in [0.717, 1.165) is 32.1 Å². The molecule has 0 bridgehead atoms. The summed E-state index contributed by atoms with van der Waals surface area (Å²) in [5.74, 6) is 1.96. The van der Waals surface area contributed by atoms with Gasteiger partial charge in [0.25, 0.3) is 0 Å². The molecular formula is C33H52O3. The van der Waals surface area contributed by atoms with Gasteiger partial charge in [0.2, 0.25) is 0 Å². The van der Waals surface area contributed by atoms with E-state index >= 15 is 0 Å². The number of carbonyl (C=O) groups is 1. The van der Waals surface area contributed by atoms with E-state index in [-0.39, 0.29) is 22.2 Å². The molecule has 3 nitrogen and oxygen atoms in total. The summed E-state index contributed by atoms with van der Waals surface area (Å²) in [7, 11) is 0. The minimum absolute atomic E-state index is 0.163. The van der Waals surface area contributed by atoms with Crippen molar-refractivity contribution in [3.05, 3.63) is 24.8 Å². The fourth-order valence-electron chi connectivity index (χ4n) is 12.0. The van der Waals surface area contributed by atoms with Gasteiger partial charge in [0.15, 0.2) is 0 Å². The predicted molar refractivity (Wildman–Crippen MR) is 147 cm³/mol. The van der Waals surface area contributed by atoms with Gasteiger partial charge < -0.3 is 9.84 Å². The third kappa shape index (κ3) is 3.23. The molecule has 5 fully saturated rings. The highest BCUT2D eigenvalue weighted by Crippen LogP contribution is 2.77. The van der Waals surface area contributed by atoms with Crippen LogP contribution >= 0.6 is 0 Å². The van der Waals surface area contributed by atoms with Crippen molar-refractivity contribution in [2.45, 2.75) is 112 Å². The number of rotatable bonds is 5. The highest BCUT2D eigenvalue weighted by molar-refractivity contribution is 5.76. The van der Waals surface area contributed by atoms with Gasteiger partial charge in [-0.25, -0.2) is 0 Å². The van der Waals surface area contributed by atoms with Crippen LogP contribution in [0.25, 0.3) is 0 Å². The Morgan fingerprint density at radius 3 is 2.28 bits per heavy atom. The van der Waals surface area contributed by atoms with Gasteiger partial charge in [0, 0.05) is 0 Å². The highest BCUT2D eigenvalue weighted by Gasteiger charge is 2.72. The van der Waals surface area contributed by atoms with Gasteiger partial charge in [-0.15, -0.1) is 6.58 Å². The molecule has 5 saturated carbocycles. The number of aliphatic carboxylic acids is 1. The number of ether oxygens (including phenoxy) is 1. The molecule has 5 aliphatic carbocycles. The average Bonchev–Trinajstić information content (AvgIpc) is 3.20. The SMILES string of the molecule is C=CCO[C@H]1CC[C@@]2(C)C(CC[C@]3(C)[C@@H]2CC[C@@H]2[C@H]4[C@H](C(=C)C)CC[C@]4(C(=O)O)CC[C@]23C)C1(C)C. The Kier molecular flexibility index (Phi) is 6.23. The first kappa shape index (κ1) is 26.5. The van der Waals surface area contributed by atoms with Crippen LogP contribution in [0.1, 0.15) is 106 Å². The van der Waals surface area contributed by atoms with Crippen molar-refractivity contribution >= 4 is 5.97 Å².